The number of hydrogen-bond acceptors (Lipinski definition) is 3. The SMILES string of the molecule is COc1cc(C)c(C)cc1NCC1CCNCC1. The number of rotatable bonds is 4. The number of aryl methyl sites for hydroxylation is 2. The molecule has 1 saturated heterocycles. The van der Waals surface area contributed by atoms with Gasteiger partial charge in [0, 0.05) is 6.54 Å². The summed E-state index contributed by atoms with van der Waals surface area (Å²) < 4.78 is 5.45. The maximum absolute atomic E-state index is 5.45. The van der Waals surface area contributed by atoms with Crippen molar-refractivity contribution in [2.24, 2.45) is 5.92 Å². The second kappa shape index (κ2) is 6.10. The molecule has 0 bridgehead atoms. The van der Waals surface area contributed by atoms with Gasteiger partial charge in [-0.15, -0.1) is 0 Å². The Morgan fingerprint density at radius 1 is 1.22 bits per heavy atom. The van der Waals surface area contributed by atoms with E-state index in [4.69, 9.17) is 4.74 Å². The van der Waals surface area contributed by atoms with Crippen molar-refractivity contribution in [1.82, 2.24) is 5.32 Å². The van der Waals surface area contributed by atoms with E-state index in [0.717, 1.165) is 37.0 Å². The van der Waals surface area contributed by atoms with E-state index in [1.165, 1.54) is 24.0 Å². The van der Waals surface area contributed by atoms with Gasteiger partial charge >= 0.3 is 0 Å². The number of nitrogens with one attached hydrogen (secondary N) is 2. The lowest BCUT2D eigenvalue weighted by Crippen LogP contribution is -2.31. The van der Waals surface area contributed by atoms with E-state index in [1.807, 2.05) is 0 Å². The van der Waals surface area contributed by atoms with E-state index in [0.29, 0.717) is 0 Å². The lowest BCUT2D eigenvalue weighted by molar-refractivity contribution is 0.387. The molecule has 2 rings (SSSR count). The molecule has 100 valence electrons. The van der Waals surface area contributed by atoms with Crippen LogP contribution in [0.1, 0.15) is 24.0 Å². The predicted molar refractivity (Wildman–Crippen MR) is 76.6 cm³/mol. The second-order valence-electron chi connectivity index (χ2n) is 5.21. The average molecular weight is 248 g/mol. The Balaban J connectivity index is 2.01. The number of benzene rings is 1. The summed E-state index contributed by atoms with van der Waals surface area (Å²) in [6.07, 6.45) is 2.53. The molecular formula is C15H24N2O. The Morgan fingerprint density at radius 3 is 2.56 bits per heavy atom. The Hall–Kier alpha value is -1.22. The molecule has 0 aliphatic carbocycles. The molecule has 1 aliphatic heterocycles. The molecule has 0 amide bonds. The molecule has 18 heavy (non-hydrogen) atoms. The molecule has 0 radical (unpaired) electrons. The zero-order valence-electron chi connectivity index (χ0n) is 11.7. The molecule has 1 fully saturated rings. The zero-order chi connectivity index (χ0) is 13.0. The van der Waals surface area contributed by atoms with Gasteiger partial charge in [0.2, 0.25) is 0 Å². The fraction of sp³-hybridized carbons (Fsp3) is 0.600. The van der Waals surface area contributed by atoms with Crippen molar-refractivity contribution in [1.29, 1.82) is 0 Å². The molecular weight excluding hydrogens is 224 g/mol. The van der Waals surface area contributed by atoms with Gasteiger partial charge in [0.1, 0.15) is 5.75 Å². The van der Waals surface area contributed by atoms with Crippen LogP contribution in [0.3, 0.4) is 0 Å². The minimum Gasteiger partial charge on any atom is -0.495 e. The van der Waals surface area contributed by atoms with Crippen LogP contribution in [0.15, 0.2) is 12.1 Å². The topological polar surface area (TPSA) is 33.3 Å². The van der Waals surface area contributed by atoms with Crippen LogP contribution >= 0.6 is 0 Å². The van der Waals surface area contributed by atoms with Crippen molar-refractivity contribution in [3.63, 3.8) is 0 Å². The smallest absolute Gasteiger partial charge is 0.142 e. The third-order valence-corrected chi connectivity index (χ3v) is 3.86. The lowest BCUT2D eigenvalue weighted by atomic mass is 9.98. The molecule has 1 aromatic rings. The summed E-state index contributed by atoms with van der Waals surface area (Å²) in [4.78, 5) is 0. The zero-order valence-corrected chi connectivity index (χ0v) is 11.7. The minimum atomic E-state index is 0.776. The summed E-state index contributed by atoms with van der Waals surface area (Å²) in [5.74, 6) is 1.73. The number of methoxy groups -OCH3 is 1. The van der Waals surface area contributed by atoms with E-state index in [-0.39, 0.29) is 0 Å². The molecule has 0 saturated carbocycles. The highest BCUT2D eigenvalue weighted by Crippen LogP contribution is 2.28. The highest BCUT2D eigenvalue weighted by Gasteiger charge is 2.13. The number of anilines is 1. The Kier molecular flexibility index (Phi) is 4.48. The van der Waals surface area contributed by atoms with Gasteiger partial charge in [-0.25, -0.2) is 0 Å². The van der Waals surface area contributed by atoms with Crippen LogP contribution in [-0.4, -0.2) is 26.7 Å². The van der Waals surface area contributed by atoms with Crippen molar-refractivity contribution in [3.8, 4) is 5.75 Å². The molecule has 0 atom stereocenters. The van der Waals surface area contributed by atoms with Gasteiger partial charge in [0.05, 0.1) is 12.8 Å². The van der Waals surface area contributed by atoms with Crippen LogP contribution in [0.2, 0.25) is 0 Å². The number of ether oxygens (including phenoxy) is 1. The fourth-order valence-electron chi connectivity index (χ4n) is 2.44. The van der Waals surface area contributed by atoms with E-state index in [1.54, 1.807) is 7.11 Å². The Labute approximate surface area is 110 Å². The van der Waals surface area contributed by atoms with Crippen LogP contribution in [0.4, 0.5) is 5.69 Å². The summed E-state index contributed by atoms with van der Waals surface area (Å²) >= 11 is 0. The van der Waals surface area contributed by atoms with Crippen molar-refractivity contribution < 1.29 is 4.74 Å². The molecule has 3 nitrogen and oxygen atoms in total. The van der Waals surface area contributed by atoms with Crippen molar-refractivity contribution >= 4 is 5.69 Å². The fourth-order valence-corrected chi connectivity index (χ4v) is 2.44. The van der Waals surface area contributed by atoms with Crippen molar-refractivity contribution in [2.45, 2.75) is 26.7 Å². The number of hydrogen-bond donors (Lipinski definition) is 2. The lowest BCUT2D eigenvalue weighted by Gasteiger charge is -2.24. The first-order valence-electron chi connectivity index (χ1n) is 6.80. The molecule has 3 heteroatoms. The highest BCUT2D eigenvalue weighted by atomic mass is 16.5. The summed E-state index contributed by atoms with van der Waals surface area (Å²) in [5, 5.41) is 6.95. The monoisotopic (exact) mass is 248 g/mol. The van der Waals surface area contributed by atoms with Gasteiger partial charge < -0.3 is 15.4 Å². The van der Waals surface area contributed by atoms with Crippen LogP contribution < -0.4 is 15.4 Å². The first-order valence-corrected chi connectivity index (χ1v) is 6.80. The molecule has 1 aromatic carbocycles. The third kappa shape index (κ3) is 3.16. The summed E-state index contributed by atoms with van der Waals surface area (Å²) in [6.45, 7) is 7.60. The molecule has 1 aliphatic rings. The molecule has 1 heterocycles. The van der Waals surface area contributed by atoms with E-state index < -0.39 is 0 Å². The molecule has 2 N–H and O–H groups in total. The van der Waals surface area contributed by atoms with E-state index in [9.17, 15) is 0 Å². The predicted octanol–water partition coefficient (Wildman–Crippen LogP) is 2.72. The maximum Gasteiger partial charge on any atom is 0.142 e. The minimum absolute atomic E-state index is 0.776. The Bertz CT molecular complexity index is 398. The first kappa shape index (κ1) is 13.2. The highest BCUT2D eigenvalue weighted by molar-refractivity contribution is 5.60. The summed E-state index contributed by atoms with van der Waals surface area (Å²) in [6, 6.07) is 4.30. The molecule has 0 aromatic heterocycles. The van der Waals surface area contributed by atoms with E-state index >= 15 is 0 Å². The average Bonchev–Trinajstić information content (AvgIpc) is 2.41. The van der Waals surface area contributed by atoms with Crippen LogP contribution in [0.5, 0.6) is 5.75 Å². The standard InChI is InChI=1S/C15H24N2O/c1-11-8-14(15(18-3)9-12(11)2)17-10-13-4-6-16-7-5-13/h8-9,13,16-17H,4-7,10H2,1-3H3. The van der Waals surface area contributed by atoms with Gasteiger partial charge in [0.25, 0.3) is 0 Å². The normalized spacial score (nSPS) is 16.6. The quantitative estimate of drug-likeness (QED) is 0.859. The van der Waals surface area contributed by atoms with Gasteiger partial charge in [-0.1, -0.05) is 0 Å². The first-order chi connectivity index (χ1) is 8.70. The van der Waals surface area contributed by atoms with Gasteiger partial charge in [-0.05, 0) is 69.0 Å². The van der Waals surface area contributed by atoms with E-state index in [2.05, 4.69) is 36.6 Å². The maximum atomic E-state index is 5.45. The molecule has 0 unspecified atom stereocenters. The van der Waals surface area contributed by atoms with Crippen molar-refractivity contribution in [2.75, 3.05) is 32.1 Å². The Morgan fingerprint density at radius 2 is 1.89 bits per heavy atom. The number of piperidine rings is 1. The largest absolute Gasteiger partial charge is 0.495 e. The van der Waals surface area contributed by atoms with Gasteiger partial charge in [0.15, 0.2) is 0 Å². The van der Waals surface area contributed by atoms with Crippen LogP contribution in [0, 0.1) is 19.8 Å². The van der Waals surface area contributed by atoms with Crippen LogP contribution in [0.25, 0.3) is 0 Å². The van der Waals surface area contributed by atoms with Gasteiger partial charge in [-0.3, -0.25) is 0 Å². The van der Waals surface area contributed by atoms with Crippen LogP contribution in [-0.2, 0) is 0 Å². The second-order valence-corrected chi connectivity index (χ2v) is 5.21. The van der Waals surface area contributed by atoms with Crippen molar-refractivity contribution in [3.05, 3.63) is 23.3 Å². The molecule has 0 spiro atoms. The third-order valence-electron chi connectivity index (χ3n) is 3.86. The summed E-state index contributed by atoms with van der Waals surface area (Å²) in [5.41, 5.74) is 3.71. The van der Waals surface area contributed by atoms with Gasteiger partial charge in [-0.2, -0.15) is 0 Å². The summed E-state index contributed by atoms with van der Waals surface area (Å²) in [7, 11) is 1.74.